The van der Waals surface area contributed by atoms with E-state index in [4.69, 9.17) is 19.8 Å². The molecule has 0 atom stereocenters. The monoisotopic (exact) mass is 309 g/mol. The van der Waals surface area contributed by atoms with Crippen LogP contribution in [-0.2, 0) is 16.1 Å². The van der Waals surface area contributed by atoms with Gasteiger partial charge in [-0.2, -0.15) is 0 Å². The van der Waals surface area contributed by atoms with E-state index in [1.807, 2.05) is 18.5 Å². The second-order valence-corrected chi connectivity index (χ2v) is 5.38. The van der Waals surface area contributed by atoms with Gasteiger partial charge in [-0.1, -0.05) is 6.07 Å². The van der Waals surface area contributed by atoms with Crippen LogP contribution in [0.3, 0.4) is 0 Å². The zero-order valence-electron chi connectivity index (χ0n) is 13.0. The van der Waals surface area contributed by atoms with E-state index >= 15 is 0 Å². The summed E-state index contributed by atoms with van der Waals surface area (Å²) in [5.74, 6) is -3.65. The fraction of sp³-hybridized carbons (Fsp3) is 0.533. The summed E-state index contributed by atoms with van der Waals surface area (Å²) in [5.41, 5.74) is 1.32. The highest BCUT2D eigenvalue weighted by Crippen LogP contribution is 2.09. The molecule has 22 heavy (non-hydrogen) atoms. The van der Waals surface area contributed by atoms with Gasteiger partial charge in [0, 0.05) is 51.2 Å². The summed E-state index contributed by atoms with van der Waals surface area (Å²) in [6.07, 6.45) is 3.80. The average molecular weight is 309 g/mol. The minimum atomic E-state index is -1.82. The van der Waals surface area contributed by atoms with E-state index in [-0.39, 0.29) is 0 Å². The van der Waals surface area contributed by atoms with Gasteiger partial charge in [-0.05, 0) is 25.5 Å². The second-order valence-electron chi connectivity index (χ2n) is 5.38. The summed E-state index contributed by atoms with van der Waals surface area (Å²) in [5, 5.41) is 14.8. The first-order chi connectivity index (χ1) is 10.4. The maximum Gasteiger partial charge on any atom is 0.414 e. The maximum absolute atomic E-state index is 9.10. The highest BCUT2D eigenvalue weighted by Gasteiger charge is 2.18. The molecule has 0 radical (unpaired) electrons. The number of aromatic nitrogens is 1. The molecule has 7 nitrogen and oxygen atoms in total. The lowest BCUT2D eigenvalue weighted by atomic mass is 10.2. The molecule has 1 fully saturated rings. The van der Waals surface area contributed by atoms with Crippen LogP contribution < -0.4 is 0 Å². The van der Waals surface area contributed by atoms with E-state index in [0.29, 0.717) is 6.04 Å². The Morgan fingerprint density at radius 1 is 1.18 bits per heavy atom. The summed E-state index contributed by atoms with van der Waals surface area (Å²) in [7, 11) is 0. The quantitative estimate of drug-likeness (QED) is 0.796. The van der Waals surface area contributed by atoms with Crippen LogP contribution in [0.1, 0.15) is 19.4 Å². The van der Waals surface area contributed by atoms with Crippen LogP contribution in [0.2, 0.25) is 0 Å². The zero-order chi connectivity index (χ0) is 16.5. The Bertz CT molecular complexity index is 459. The molecular weight excluding hydrogens is 286 g/mol. The molecule has 0 aliphatic carbocycles. The van der Waals surface area contributed by atoms with Gasteiger partial charge >= 0.3 is 11.9 Å². The van der Waals surface area contributed by atoms with E-state index in [9.17, 15) is 0 Å². The van der Waals surface area contributed by atoms with Crippen molar-refractivity contribution >= 4 is 11.9 Å². The Morgan fingerprint density at radius 3 is 2.18 bits per heavy atom. The summed E-state index contributed by atoms with van der Waals surface area (Å²) in [6.45, 7) is 10.3. The molecule has 0 spiro atoms. The van der Waals surface area contributed by atoms with Crippen LogP contribution in [0, 0.1) is 0 Å². The van der Waals surface area contributed by atoms with Gasteiger partial charge in [0.25, 0.3) is 0 Å². The highest BCUT2D eigenvalue weighted by atomic mass is 16.4. The predicted octanol–water partition coefficient (Wildman–Crippen LogP) is 0.763. The van der Waals surface area contributed by atoms with Crippen LogP contribution in [0.25, 0.3) is 0 Å². The predicted molar refractivity (Wildman–Crippen MR) is 81.5 cm³/mol. The standard InChI is InChI=1S/C13H21N3.C2H2O4/c1-12(2)16-8-6-15(7-9-16)11-13-4-3-5-14-10-13;3-1(4)2(5)6/h3-5,10,12H,6-9,11H2,1-2H3;(H,3,4)(H,5,6). The Hall–Kier alpha value is -1.99. The molecule has 1 aliphatic rings. The topological polar surface area (TPSA) is 94.0 Å². The Balaban J connectivity index is 0.000000346. The minimum absolute atomic E-state index is 0.681. The molecule has 0 aromatic carbocycles. The number of pyridine rings is 1. The summed E-state index contributed by atoms with van der Waals surface area (Å²) in [6, 6.07) is 4.85. The maximum atomic E-state index is 9.10. The molecule has 0 unspecified atom stereocenters. The molecular formula is C15H23N3O4. The number of piperazine rings is 1. The Labute approximate surface area is 130 Å². The van der Waals surface area contributed by atoms with Gasteiger partial charge in [-0.15, -0.1) is 0 Å². The first-order valence-corrected chi connectivity index (χ1v) is 7.21. The van der Waals surface area contributed by atoms with Gasteiger partial charge in [-0.25, -0.2) is 9.59 Å². The average Bonchev–Trinajstić information content (AvgIpc) is 2.49. The van der Waals surface area contributed by atoms with Gasteiger partial charge in [0.2, 0.25) is 0 Å². The lowest BCUT2D eigenvalue weighted by molar-refractivity contribution is -0.159. The molecule has 1 saturated heterocycles. The number of hydrogen-bond acceptors (Lipinski definition) is 5. The molecule has 0 saturated carbocycles. The van der Waals surface area contributed by atoms with Gasteiger partial charge in [0.15, 0.2) is 0 Å². The van der Waals surface area contributed by atoms with Gasteiger partial charge in [-0.3, -0.25) is 14.8 Å². The molecule has 122 valence electrons. The van der Waals surface area contributed by atoms with E-state index in [0.717, 1.165) is 6.54 Å². The van der Waals surface area contributed by atoms with Crippen LogP contribution in [0.4, 0.5) is 0 Å². The van der Waals surface area contributed by atoms with Gasteiger partial charge < -0.3 is 10.2 Å². The van der Waals surface area contributed by atoms with Crippen LogP contribution in [-0.4, -0.2) is 69.2 Å². The molecule has 2 heterocycles. The number of aliphatic carboxylic acids is 2. The van der Waals surface area contributed by atoms with Crippen molar-refractivity contribution in [2.45, 2.75) is 26.4 Å². The number of rotatable bonds is 3. The fourth-order valence-corrected chi connectivity index (χ4v) is 2.19. The van der Waals surface area contributed by atoms with Crippen molar-refractivity contribution in [2.24, 2.45) is 0 Å². The number of carbonyl (C=O) groups is 2. The third-order valence-electron chi connectivity index (χ3n) is 3.45. The lowest BCUT2D eigenvalue weighted by Crippen LogP contribution is -2.48. The van der Waals surface area contributed by atoms with E-state index in [2.05, 4.69) is 34.7 Å². The van der Waals surface area contributed by atoms with Crippen molar-refractivity contribution in [3.8, 4) is 0 Å². The molecule has 1 aliphatic heterocycles. The van der Waals surface area contributed by atoms with Crippen LogP contribution in [0.15, 0.2) is 24.5 Å². The van der Waals surface area contributed by atoms with Crippen molar-refractivity contribution in [3.05, 3.63) is 30.1 Å². The smallest absolute Gasteiger partial charge is 0.414 e. The number of carboxylic acid groups (broad SMARTS) is 2. The molecule has 1 aromatic heterocycles. The zero-order valence-corrected chi connectivity index (χ0v) is 13.0. The second kappa shape index (κ2) is 9.11. The van der Waals surface area contributed by atoms with Crippen molar-refractivity contribution in [3.63, 3.8) is 0 Å². The van der Waals surface area contributed by atoms with Crippen molar-refractivity contribution in [1.29, 1.82) is 0 Å². The summed E-state index contributed by atoms with van der Waals surface area (Å²) >= 11 is 0. The van der Waals surface area contributed by atoms with Crippen molar-refractivity contribution in [2.75, 3.05) is 26.2 Å². The molecule has 1 aromatic rings. The van der Waals surface area contributed by atoms with Crippen LogP contribution >= 0.6 is 0 Å². The molecule has 7 heteroatoms. The van der Waals surface area contributed by atoms with Crippen molar-refractivity contribution in [1.82, 2.24) is 14.8 Å². The third-order valence-corrected chi connectivity index (χ3v) is 3.45. The number of nitrogens with zero attached hydrogens (tertiary/aromatic N) is 3. The largest absolute Gasteiger partial charge is 0.473 e. The first-order valence-electron chi connectivity index (χ1n) is 7.21. The molecule has 0 amide bonds. The SMILES string of the molecule is CC(C)N1CCN(Cc2cccnc2)CC1.O=C(O)C(=O)O. The molecule has 2 N–H and O–H groups in total. The third kappa shape index (κ3) is 6.64. The van der Waals surface area contributed by atoms with Gasteiger partial charge in [0.1, 0.15) is 0 Å². The Morgan fingerprint density at radius 2 is 1.77 bits per heavy atom. The molecule has 2 rings (SSSR count). The Kier molecular flexibility index (Phi) is 7.48. The molecule has 0 bridgehead atoms. The lowest BCUT2D eigenvalue weighted by Gasteiger charge is -2.36. The number of hydrogen-bond donors (Lipinski definition) is 2. The highest BCUT2D eigenvalue weighted by molar-refractivity contribution is 6.27. The van der Waals surface area contributed by atoms with E-state index in [1.165, 1.54) is 31.7 Å². The van der Waals surface area contributed by atoms with E-state index < -0.39 is 11.9 Å². The summed E-state index contributed by atoms with van der Waals surface area (Å²) in [4.78, 5) is 27.4. The van der Waals surface area contributed by atoms with Gasteiger partial charge in [0.05, 0.1) is 0 Å². The first kappa shape index (κ1) is 18.1. The van der Waals surface area contributed by atoms with E-state index in [1.54, 1.807) is 0 Å². The van der Waals surface area contributed by atoms with Crippen molar-refractivity contribution < 1.29 is 19.8 Å². The normalized spacial score (nSPS) is 16.0. The summed E-state index contributed by atoms with van der Waals surface area (Å²) < 4.78 is 0. The fourth-order valence-electron chi connectivity index (χ4n) is 2.19. The van der Waals surface area contributed by atoms with Crippen LogP contribution in [0.5, 0.6) is 0 Å². The number of carboxylic acids is 2. The minimum Gasteiger partial charge on any atom is -0.473 e.